The maximum Gasteiger partial charge on any atom is 0.229 e. The second kappa shape index (κ2) is 9.55. The first-order valence-corrected chi connectivity index (χ1v) is 10.5. The molecule has 6 nitrogen and oxygen atoms in total. The number of carbonyl (C=O) groups is 1. The summed E-state index contributed by atoms with van der Waals surface area (Å²) < 4.78 is 18.7. The summed E-state index contributed by atoms with van der Waals surface area (Å²) >= 11 is 0. The van der Waals surface area contributed by atoms with Gasteiger partial charge in [0.25, 0.3) is 0 Å². The van der Waals surface area contributed by atoms with Crippen molar-refractivity contribution in [1.29, 1.82) is 0 Å². The first-order valence-electron chi connectivity index (χ1n) is 10.5. The molecule has 1 fully saturated rings. The Balaban J connectivity index is 1.42. The number of hydrogen-bond acceptors (Lipinski definition) is 5. The van der Waals surface area contributed by atoms with E-state index in [1.165, 1.54) is 12.1 Å². The number of amides is 1. The molecule has 0 aliphatic carbocycles. The number of piperidine rings is 1. The van der Waals surface area contributed by atoms with Crippen LogP contribution in [0.2, 0.25) is 0 Å². The SMILES string of the molecule is CCOc1ccccc1NC(=O)[C@@H]1CCCN(c2ncc(-c3ccc(F)cc3)cn2)C1. The van der Waals surface area contributed by atoms with Crippen molar-refractivity contribution in [2.75, 3.05) is 29.9 Å². The van der Waals surface area contributed by atoms with Gasteiger partial charge in [-0.25, -0.2) is 14.4 Å². The molecule has 1 atom stereocenters. The average Bonchev–Trinajstić information content (AvgIpc) is 2.81. The molecule has 2 aromatic carbocycles. The summed E-state index contributed by atoms with van der Waals surface area (Å²) in [5, 5.41) is 3.01. The normalized spacial score (nSPS) is 16.1. The summed E-state index contributed by atoms with van der Waals surface area (Å²) in [6.45, 7) is 3.81. The minimum atomic E-state index is -0.275. The molecule has 1 aromatic heterocycles. The highest BCUT2D eigenvalue weighted by atomic mass is 19.1. The molecule has 2 heterocycles. The Bertz CT molecular complexity index is 1020. The molecule has 1 N–H and O–H groups in total. The zero-order valence-corrected chi connectivity index (χ0v) is 17.4. The van der Waals surface area contributed by atoms with E-state index in [9.17, 15) is 9.18 Å². The Labute approximate surface area is 181 Å². The van der Waals surface area contributed by atoms with Gasteiger partial charge in [0.1, 0.15) is 11.6 Å². The van der Waals surface area contributed by atoms with Crippen LogP contribution in [0.3, 0.4) is 0 Å². The van der Waals surface area contributed by atoms with Crippen molar-refractivity contribution in [3.63, 3.8) is 0 Å². The van der Waals surface area contributed by atoms with Crippen LogP contribution in [0.5, 0.6) is 5.75 Å². The third kappa shape index (κ3) is 4.99. The fraction of sp³-hybridized carbons (Fsp3) is 0.292. The lowest BCUT2D eigenvalue weighted by Gasteiger charge is -2.32. The van der Waals surface area contributed by atoms with Gasteiger partial charge in [-0.3, -0.25) is 4.79 Å². The van der Waals surface area contributed by atoms with Crippen LogP contribution in [-0.4, -0.2) is 35.6 Å². The van der Waals surface area contributed by atoms with E-state index in [4.69, 9.17) is 4.74 Å². The monoisotopic (exact) mass is 420 g/mol. The van der Waals surface area contributed by atoms with Gasteiger partial charge in [-0.05, 0) is 49.6 Å². The third-order valence-electron chi connectivity index (χ3n) is 5.34. The minimum Gasteiger partial charge on any atom is -0.492 e. The van der Waals surface area contributed by atoms with Crippen LogP contribution in [0.25, 0.3) is 11.1 Å². The van der Waals surface area contributed by atoms with Gasteiger partial charge in [-0.1, -0.05) is 24.3 Å². The molecular formula is C24H25FN4O2. The van der Waals surface area contributed by atoms with Crippen LogP contribution < -0.4 is 15.0 Å². The Hall–Kier alpha value is -3.48. The van der Waals surface area contributed by atoms with E-state index in [0.29, 0.717) is 30.5 Å². The smallest absolute Gasteiger partial charge is 0.229 e. The minimum absolute atomic E-state index is 0.0280. The molecule has 0 spiro atoms. The number of benzene rings is 2. The average molecular weight is 420 g/mol. The summed E-state index contributed by atoms with van der Waals surface area (Å²) in [5.41, 5.74) is 2.37. The van der Waals surface area contributed by atoms with Gasteiger partial charge in [0, 0.05) is 31.0 Å². The topological polar surface area (TPSA) is 67.3 Å². The summed E-state index contributed by atoms with van der Waals surface area (Å²) in [5.74, 6) is 0.801. The Morgan fingerprint density at radius 3 is 2.61 bits per heavy atom. The Morgan fingerprint density at radius 1 is 1.13 bits per heavy atom. The molecule has 0 bridgehead atoms. The van der Waals surface area contributed by atoms with Gasteiger partial charge >= 0.3 is 0 Å². The molecule has 1 aliphatic heterocycles. The molecule has 0 saturated carbocycles. The van der Waals surface area contributed by atoms with Gasteiger partial charge in [-0.15, -0.1) is 0 Å². The zero-order valence-electron chi connectivity index (χ0n) is 17.4. The summed E-state index contributed by atoms with van der Waals surface area (Å²) in [7, 11) is 0. The van der Waals surface area contributed by atoms with Gasteiger partial charge in [-0.2, -0.15) is 0 Å². The number of aromatic nitrogens is 2. The molecule has 0 radical (unpaired) electrons. The zero-order chi connectivity index (χ0) is 21.6. The van der Waals surface area contributed by atoms with Gasteiger partial charge in [0.2, 0.25) is 11.9 Å². The maximum absolute atomic E-state index is 13.1. The van der Waals surface area contributed by atoms with E-state index in [-0.39, 0.29) is 17.6 Å². The largest absolute Gasteiger partial charge is 0.492 e. The number of ether oxygens (including phenoxy) is 1. The van der Waals surface area contributed by atoms with Crippen molar-refractivity contribution in [3.05, 3.63) is 66.7 Å². The number of halogens is 1. The van der Waals surface area contributed by atoms with Crippen molar-refractivity contribution >= 4 is 17.5 Å². The summed E-state index contributed by atoms with van der Waals surface area (Å²) in [6, 6.07) is 13.7. The van der Waals surface area contributed by atoms with Crippen molar-refractivity contribution in [2.24, 2.45) is 5.92 Å². The fourth-order valence-corrected chi connectivity index (χ4v) is 3.73. The van der Waals surface area contributed by atoms with Gasteiger partial charge < -0.3 is 15.0 Å². The van der Waals surface area contributed by atoms with Crippen LogP contribution >= 0.6 is 0 Å². The lowest BCUT2D eigenvalue weighted by Crippen LogP contribution is -2.41. The highest BCUT2D eigenvalue weighted by molar-refractivity contribution is 5.94. The Kier molecular flexibility index (Phi) is 6.40. The second-order valence-corrected chi connectivity index (χ2v) is 7.48. The number of rotatable bonds is 6. The van der Waals surface area contributed by atoms with E-state index >= 15 is 0 Å². The maximum atomic E-state index is 13.1. The molecule has 1 aliphatic rings. The van der Waals surface area contributed by atoms with Gasteiger partial charge in [0.15, 0.2) is 0 Å². The van der Waals surface area contributed by atoms with Crippen molar-refractivity contribution < 1.29 is 13.9 Å². The van der Waals surface area contributed by atoms with Gasteiger partial charge in [0.05, 0.1) is 18.2 Å². The molecule has 31 heavy (non-hydrogen) atoms. The molecule has 3 aromatic rings. The highest BCUT2D eigenvalue weighted by Crippen LogP contribution is 2.27. The standard InChI is InChI=1S/C24H25FN4O2/c1-2-31-22-8-4-3-7-21(22)28-23(30)18-6-5-13-29(16-18)24-26-14-19(15-27-24)17-9-11-20(25)12-10-17/h3-4,7-12,14-15,18H,2,5-6,13,16H2,1H3,(H,28,30)/t18-/m1/s1. The van der Waals surface area contributed by atoms with Crippen LogP contribution in [-0.2, 0) is 4.79 Å². The molecule has 1 saturated heterocycles. The van der Waals surface area contributed by atoms with E-state index in [2.05, 4.69) is 15.3 Å². The highest BCUT2D eigenvalue weighted by Gasteiger charge is 2.27. The number of anilines is 2. The quantitative estimate of drug-likeness (QED) is 0.634. The van der Waals surface area contributed by atoms with Crippen molar-refractivity contribution in [3.8, 4) is 16.9 Å². The predicted octanol–water partition coefficient (Wildman–Crippen LogP) is 4.54. The molecular weight excluding hydrogens is 395 g/mol. The number of nitrogens with one attached hydrogen (secondary N) is 1. The molecule has 7 heteroatoms. The van der Waals surface area contributed by atoms with E-state index in [0.717, 1.165) is 30.5 Å². The number of para-hydroxylation sites is 2. The summed E-state index contributed by atoms with van der Waals surface area (Å²) in [6.07, 6.45) is 5.16. The number of hydrogen-bond donors (Lipinski definition) is 1. The third-order valence-corrected chi connectivity index (χ3v) is 5.34. The molecule has 4 rings (SSSR count). The van der Waals surface area contributed by atoms with Crippen LogP contribution in [0.15, 0.2) is 60.9 Å². The first-order chi connectivity index (χ1) is 15.1. The molecule has 1 amide bonds. The number of nitrogens with zero attached hydrogens (tertiary/aromatic N) is 3. The predicted molar refractivity (Wildman–Crippen MR) is 119 cm³/mol. The number of carbonyl (C=O) groups excluding carboxylic acids is 1. The first kappa shape index (κ1) is 20.8. The van der Waals surface area contributed by atoms with E-state index in [1.54, 1.807) is 24.5 Å². The summed E-state index contributed by atoms with van der Waals surface area (Å²) in [4.78, 5) is 23.9. The molecule has 160 valence electrons. The second-order valence-electron chi connectivity index (χ2n) is 7.48. The van der Waals surface area contributed by atoms with Crippen LogP contribution in [0.4, 0.5) is 16.0 Å². The van der Waals surface area contributed by atoms with Crippen molar-refractivity contribution in [1.82, 2.24) is 9.97 Å². The van der Waals surface area contributed by atoms with Crippen LogP contribution in [0.1, 0.15) is 19.8 Å². The lowest BCUT2D eigenvalue weighted by atomic mass is 9.97. The fourth-order valence-electron chi connectivity index (χ4n) is 3.73. The van der Waals surface area contributed by atoms with Crippen LogP contribution in [0, 0.1) is 11.7 Å². The van der Waals surface area contributed by atoms with Crippen molar-refractivity contribution in [2.45, 2.75) is 19.8 Å². The van der Waals surface area contributed by atoms with E-state index < -0.39 is 0 Å². The Morgan fingerprint density at radius 2 is 1.87 bits per heavy atom. The lowest BCUT2D eigenvalue weighted by molar-refractivity contribution is -0.120. The molecule has 0 unspecified atom stereocenters. The van der Waals surface area contributed by atoms with E-state index in [1.807, 2.05) is 36.1 Å².